The summed E-state index contributed by atoms with van der Waals surface area (Å²) in [6.07, 6.45) is 0. The maximum atomic E-state index is 8.61. The van der Waals surface area contributed by atoms with Gasteiger partial charge >= 0.3 is 0 Å². The van der Waals surface area contributed by atoms with Crippen molar-refractivity contribution in [2.45, 2.75) is 0 Å². The van der Waals surface area contributed by atoms with Gasteiger partial charge in [-0.2, -0.15) is 5.26 Å². The average molecular weight is 278 g/mol. The standard InChI is InChI=1S/C7H4ClIN2/c8-4-1-6(9)5(3-10)7(11)2-4/h1-2H,11H2. The molecular formula is C7H4ClIN2. The topological polar surface area (TPSA) is 49.8 Å². The molecule has 0 saturated carbocycles. The summed E-state index contributed by atoms with van der Waals surface area (Å²) in [7, 11) is 0. The molecule has 2 nitrogen and oxygen atoms in total. The Morgan fingerprint density at radius 3 is 2.64 bits per heavy atom. The van der Waals surface area contributed by atoms with Gasteiger partial charge in [0.05, 0.1) is 11.3 Å². The molecule has 0 aliphatic carbocycles. The van der Waals surface area contributed by atoms with Gasteiger partial charge in [-0.25, -0.2) is 0 Å². The van der Waals surface area contributed by atoms with Crippen molar-refractivity contribution in [3.8, 4) is 6.07 Å². The molecule has 0 spiro atoms. The summed E-state index contributed by atoms with van der Waals surface area (Å²) in [5, 5.41) is 9.17. The molecule has 4 heteroatoms. The van der Waals surface area contributed by atoms with Crippen LogP contribution in [0.3, 0.4) is 0 Å². The zero-order valence-corrected chi connectivity index (χ0v) is 8.35. The van der Waals surface area contributed by atoms with Crippen LogP contribution in [0.25, 0.3) is 0 Å². The summed E-state index contributed by atoms with van der Waals surface area (Å²) >= 11 is 7.71. The second-order valence-corrected chi connectivity index (χ2v) is 3.56. The van der Waals surface area contributed by atoms with Gasteiger partial charge in [-0.1, -0.05) is 11.6 Å². The molecule has 1 rings (SSSR count). The molecule has 0 fully saturated rings. The summed E-state index contributed by atoms with van der Waals surface area (Å²) in [4.78, 5) is 0. The van der Waals surface area contributed by atoms with Gasteiger partial charge < -0.3 is 5.73 Å². The fraction of sp³-hybridized carbons (Fsp3) is 0. The summed E-state index contributed by atoms with van der Waals surface area (Å²) in [6.45, 7) is 0. The van der Waals surface area contributed by atoms with Crippen LogP contribution in [0.1, 0.15) is 5.56 Å². The van der Waals surface area contributed by atoms with E-state index in [0.717, 1.165) is 3.57 Å². The van der Waals surface area contributed by atoms with Crippen molar-refractivity contribution in [2.75, 3.05) is 5.73 Å². The van der Waals surface area contributed by atoms with E-state index in [2.05, 4.69) is 0 Å². The van der Waals surface area contributed by atoms with E-state index in [9.17, 15) is 0 Å². The minimum Gasteiger partial charge on any atom is -0.398 e. The van der Waals surface area contributed by atoms with Gasteiger partial charge in [0, 0.05) is 8.59 Å². The molecule has 0 atom stereocenters. The van der Waals surface area contributed by atoms with Crippen molar-refractivity contribution in [3.05, 3.63) is 26.3 Å². The van der Waals surface area contributed by atoms with E-state index >= 15 is 0 Å². The van der Waals surface area contributed by atoms with Gasteiger partial charge in [0.15, 0.2) is 0 Å². The Labute approximate surface area is 83.1 Å². The van der Waals surface area contributed by atoms with Crippen LogP contribution in [0, 0.1) is 14.9 Å². The number of halogens is 2. The van der Waals surface area contributed by atoms with Crippen molar-refractivity contribution in [3.63, 3.8) is 0 Å². The van der Waals surface area contributed by atoms with Crippen LogP contribution in [0.4, 0.5) is 5.69 Å². The van der Waals surface area contributed by atoms with E-state index in [4.69, 9.17) is 22.6 Å². The fourth-order valence-electron chi connectivity index (χ4n) is 0.711. The molecule has 0 radical (unpaired) electrons. The highest BCUT2D eigenvalue weighted by atomic mass is 127. The van der Waals surface area contributed by atoms with Crippen LogP contribution >= 0.6 is 34.2 Å². The van der Waals surface area contributed by atoms with Crippen LogP contribution in [0.15, 0.2) is 12.1 Å². The zero-order valence-electron chi connectivity index (χ0n) is 5.44. The zero-order chi connectivity index (χ0) is 8.43. The Kier molecular flexibility index (Phi) is 2.58. The number of nitrogen functional groups attached to an aromatic ring is 1. The number of rotatable bonds is 0. The molecule has 0 bridgehead atoms. The number of benzene rings is 1. The molecule has 11 heavy (non-hydrogen) atoms. The smallest absolute Gasteiger partial charge is 0.102 e. The van der Waals surface area contributed by atoms with Crippen LogP contribution in [-0.2, 0) is 0 Å². The number of hydrogen-bond donors (Lipinski definition) is 1. The minimum absolute atomic E-state index is 0.435. The van der Waals surface area contributed by atoms with Crippen molar-refractivity contribution in [2.24, 2.45) is 0 Å². The molecule has 0 saturated heterocycles. The quantitative estimate of drug-likeness (QED) is 0.585. The van der Waals surface area contributed by atoms with Crippen LogP contribution < -0.4 is 5.73 Å². The summed E-state index contributed by atoms with van der Waals surface area (Å²) in [6, 6.07) is 5.28. The van der Waals surface area contributed by atoms with Crippen LogP contribution in [0.2, 0.25) is 5.02 Å². The summed E-state index contributed by atoms with van der Waals surface area (Å²) in [5.74, 6) is 0. The lowest BCUT2D eigenvalue weighted by Gasteiger charge is -1.99. The highest BCUT2D eigenvalue weighted by Gasteiger charge is 2.03. The van der Waals surface area contributed by atoms with Crippen molar-refractivity contribution in [1.29, 1.82) is 5.26 Å². The maximum absolute atomic E-state index is 8.61. The van der Waals surface area contributed by atoms with E-state index in [-0.39, 0.29) is 0 Å². The Balaban J connectivity index is 3.40. The monoisotopic (exact) mass is 278 g/mol. The lowest BCUT2D eigenvalue weighted by molar-refractivity contribution is 1.46. The van der Waals surface area contributed by atoms with E-state index in [1.165, 1.54) is 0 Å². The molecular weight excluding hydrogens is 274 g/mol. The van der Waals surface area contributed by atoms with E-state index in [1.54, 1.807) is 12.1 Å². The molecule has 0 aliphatic rings. The third-order valence-corrected chi connectivity index (χ3v) is 2.27. The van der Waals surface area contributed by atoms with Gasteiger partial charge in [-0.3, -0.25) is 0 Å². The average Bonchev–Trinajstić information content (AvgIpc) is 1.85. The maximum Gasteiger partial charge on any atom is 0.102 e. The third kappa shape index (κ3) is 1.76. The first-order valence-electron chi connectivity index (χ1n) is 2.79. The van der Waals surface area contributed by atoms with E-state index in [0.29, 0.717) is 16.3 Å². The normalized spacial score (nSPS) is 9.18. The first-order valence-corrected chi connectivity index (χ1v) is 4.25. The predicted molar refractivity (Wildman–Crippen MR) is 53.3 cm³/mol. The molecule has 2 N–H and O–H groups in total. The molecule has 0 aromatic heterocycles. The highest BCUT2D eigenvalue weighted by molar-refractivity contribution is 14.1. The second-order valence-electron chi connectivity index (χ2n) is 1.96. The van der Waals surface area contributed by atoms with Gasteiger partial charge in [0.1, 0.15) is 6.07 Å². The van der Waals surface area contributed by atoms with Crippen LogP contribution in [0.5, 0.6) is 0 Å². The highest BCUT2D eigenvalue weighted by Crippen LogP contribution is 2.23. The van der Waals surface area contributed by atoms with Gasteiger partial charge in [-0.15, -0.1) is 0 Å². The first-order chi connectivity index (χ1) is 5.15. The van der Waals surface area contributed by atoms with Gasteiger partial charge in [0.2, 0.25) is 0 Å². The molecule has 56 valence electrons. The van der Waals surface area contributed by atoms with Gasteiger partial charge in [0.25, 0.3) is 0 Å². The minimum atomic E-state index is 0.435. The Morgan fingerprint density at radius 2 is 2.18 bits per heavy atom. The molecule has 0 aliphatic heterocycles. The Morgan fingerprint density at radius 1 is 1.55 bits per heavy atom. The molecule has 1 aromatic rings. The number of nitrogens with two attached hydrogens (primary N) is 1. The summed E-state index contributed by atoms with van der Waals surface area (Å²) in [5.41, 5.74) is 6.45. The largest absolute Gasteiger partial charge is 0.398 e. The number of nitrogens with zero attached hydrogens (tertiary/aromatic N) is 1. The lowest BCUT2D eigenvalue weighted by atomic mass is 10.2. The third-order valence-electron chi connectivity index (χ3n) is 1.20. The van der Waals surface area contributed by atoms with Crippen molar-refractivity contribution in [1.82, 2.24) is 0 Å². The molecule has 0 amide bonds. The van der Waals surface area contributed by atoms with Crippen LogP contribution in [-0.4, -0.2) is 0 Å². The SMILES string of the molecule is N#Cc1c(N)cc(Cl)cc1I. The number of anilines is 1. The number of nitriles is 1. The lowest BCUT2D eigenvalue weighted by Crippen LogP contribution is -1.92. The summed E-state index contributed by atoms with van der Waals surface area (Å²) < 4.78 is 0.787. The second kappa shape index (κ2) is 3.28. The Hall–Kier alpha value is -0.470. The molecule has 0 unspecified atom stereocenters. The fourth-order valence-corrected chi connectivity index (χ4v) is 1.89. The van der Waals surface area contributed by atoms with Crippen molar-refractivity contribution < 1.29 is 0 Å². The van der Waals surface area contributed by atoms with E-state index < -0.39 is 0 Å². The Bertz CT molecular complexity index is 307. The first kappa shape index (κ1) is 8.62. The van der Waals surface area contributed by atoms with Gasteiger partial charge in [-0.05, 0) is 34.7 Å². The van der Waals surface area contributed by atoms with E-state index in [1.807, 2.05) is 28.7 Å². The molecule has 0 heterocycles. The number of hydrogen-bond acceptors (Lipinski definition) is 2. The van der Waals surface area contributed by atoms with Crippen molar-refractivity contribution >= 4 is 39.9 Å². The molecule has 1 aromatic carbocycles. The predicted octanol–water partition coefficient (Wildman–Crippen LogP) is 2.40.